The van der Waals surface area contributed by atoms with Crippen molar-refractivity contribution in [3.8, 4) is 0 Å². The number of hydrogen-bond acceptors (Lipinski definition) is 4. The predicted octanol–water partition coefficient (Wildman–Crippen LogP) is 7.08. The topological polar surface area (TPSA) is 86.8 Å². The van der Waals surface area contributed by atoms with Crippen LogP contribution in [0.4, 0.5) is 5.69 Å². The van der Waals surface area contributed by atoms with Crippen molar-refractivity contribution in [1.29, 1.82) is 0 Å². The molecule has 0 spiro atoms. The van der Waals surface area contributed by atoms with E-state index >= 15 is 0 Å². The Kier molecular flexibility index (Phi) is 11.8. The van der Waals surface area contributed by atoms with Crippen LogP contribution < -0.4 is 9.62 Å². The molecular formula is C35H37BrClN3O4S. The van der Waals surface area contributed by atoms with E-state index in [1.165, 1.54) is 17.0 Å². The standard InChI is InChI=1S/C35H37BrClN3O4S/c1-4-19-38-35(42)33(21-27-9-6-5-7-10-27)39(23-28-11-8-12-29(36)20-28)34(41)24-40(32-22-30(37)16-15-26(32)3)45(43,44)31-17-13-25(2)14-18-31/h5-18,20,22,33H,4,19,21,23-24H2,1-3H3,(H,38,42)/t33-/m1/s1. The van der Waals surface area contributed by atoms with Gasteiger partial charge in [-0.05, 0) is 73.4 Å². The maximum atomic E-state index is 14.5. The van der Waals surface area contributed by atoms with Crippen molar-refractivity contribution in [3.05, 3.63) is 129 Å². The molecule has 0 aliphatic rings. The zero-order valence-corrected chi connectivity index (χ0v) is 28.7. The van der Waals surface area contributed by atoms with Crippen molar-refractivity contribution in [2.24, 2.45) is 0 Å². The van der Waals surface area contributed by atoms with Gasteiger partial charge in [-0.2, -0.15) is 0 Å². The van der Waals surface area contributed by atoms with Crippen LogP contribution in [-0.2, 0) is 32.6 Å². The second-order valence-electron chi connectivity index (χ2n) is 10.9. The second-order valence-corrected chi connectivity index (χ2v) is 14.1. The highest BCUT2D eigenvalue weighted by Gasteiger charge is 2.35. The fourth-order valence-electron chi connectivity index (χ4n) is 4.95. The van der Waals surface area contributed by atoms with Crippen LogP contribution >= 0.6 is 27.5 Å². The van der Waals surface area contributed by atoms with Crippen molar-refractivity contribution < 1.29 is 18.0 Å². The summed E-state index contributed by atoms with van der Waals surface area (Å²) in [4.78, 5) is 29.8. The van der Waals surface area contributed by atoms with Crippen molar-refractivity contribution in [2.45, 2.75) is 51.1 Å². The van der Waals surface area contributed by atoms with Gasteiger partial charge in [-0.15, -0.1) is 0 Å². The molecule has 0 radical (unpaired) electrons. The molecule has 0 heterocycles. The number of anilines is 1. The molecule has 0 aliphatic carbocycles. The third-order valence-corrected chi connectivity index (χ3v) is 9.89. The van der Waals surface area contributed by atoms with E-state index in [1.54, 1.807) is 37.3 Å². The molecule has 10 heteroatoms. The average molecular weight is 711 g/mol. The van der Waals surface area contributed by atoms with Gasteiger partial charge < -0.3 is 10.2 Å². The summed E-state index contributed by atoms with van der Waals surface area (Å²) in [5.74, 6) is -0.839. The van der Waals surface area contributed by atoms with E-state index in [2.05, 4.69) is 21.2 Å². The number of sulfonamides is 1. The molecule has 4 aromatic rings. The van der Waals surface area contributed by atoms with Crippen molar-refractivity contribution >= 4 is 55.1 Å². The van der Waals surface area contributed by atoms with Gasteiger partial charge in [0.2, 0.25) is 11.8 Å². The lowest BCUT2D eigenvalue weighted by molar-refractivity contribution is -0.140. The van der Waals surface area contributed by atoms with E-state index in [4.69, 9.17) is 11.6 Å². The first kappa shape index (κ1) is 34.2. The highest BCUT2D eigenvalue weighted by atomic mass is 79.9. The number of hydrogen-bond donors (Lipinski definition) is 1. The first-order valence-electron chi connectivity index (χ1n) is 14.7. The number of aryl methyl sites for hydroxylation is 2. The molecule has 2 amide bonds. The minimum absolute atomic E-state index is 0.0420. The Labute approximate surface area is 279 Å². The molecule has 0 fully saturated rings. The first-order valence-corrected chi connectivity index (χ1v) is 17.3. The molecule has 1 N–H and O–H groups in total. The monoisotopic (exact) mass is 709 g/mol. The lowest BCUT2D eigenvalue weighted by atomic mass is 10.0. The number of carbonyl (C=O) groups excluding carboxylic acids is 2. The average Bonchev–Trinajstić information content (AvgIpc) is 3.02. The molecule has 4 aromatic carbocycles. The molecule has 7 nitrogen and oxygen atoms in total. The number of rotatable bonds is 13. The van der Waals surface area contributed by atoms with E-state index in [0.29, 0.717) is 17.1 Å². The van der Waals surface area contributed by atoms with Crippen LogP contribution in [0.3, 0.4) is 0 Å². The summed E-state index contributed by atoms with van der Waals surface area (Å²) in [6.07, 6.45) is 0.969. The minimum Gasteiger partial charge on any atom is -0.354 e. The number of halogens is 2. The number of nitrogens with zero attached hydrogens (tertiary/aromatic N) is 2. The Hall–Kier alpha value is -3.66. The summed E-state index contributed by atoms with van der Waals surface area (Å²) in [7, 11) is -4.22. The summed E-state index contributed by atoms with van der Waals surface area (Å²) in [5.41, 5.74) is 3.47. The summed E-state index contributed by atoms with van der Waals surface area (Å²) in [6.45, 7) is 5.58. The molecule has 236 valence electrons. The van der Waals surface area contributed by atoms with Gasteiger partial charge >= 0.3 is 0 Å². The molecule has 4 rings (SSSR count). The molecule has 0 aliphatic heterocycles. The van der Waals surface area contributed by atoms with Gasteiger partial charge in [0, 0.05) is 29.0 Å². The summed E-state index contributed by atoms with van der Waals surface area (Å²) in [6, 6.07) is 27.5. The maximum absolute atomic E-state index is 14.5. The highest BCUT2D eigenvalue weighted by molar-refractivity contribution is 9.10. The molecule has 0 saturated heterocycles. The fraction of sp³-hybridized carbons (Fsp3) is 0.257. The smallest absolute Gasteiger partial charge is 0.264 e. The van der Waals surface area contributed by atoms with Crippen LogP contribution in [0.5, 0.6) is 0 Å². The Balaban J connectivity index is 1.83. The lowest BCUT2D eigenvalue weighted by Crippen LogP contribution is -2.53. The second kappa shape index (κ2) is 15.6. The first-order chi connectivity index (χ1) is 21.5. The number of nitrogens with one attached hydrogen (secondary N) is 1. The zero-order valence-electron chi connectivity index (χ0n) is 25.5. The van der Waals surface area contributed by atoms with Crippen LogP contribution in [0.25, 0.3) is 0 Å². The summed E-state index contributed by atoms with van der Waals surface area (Å²) < 4.78 is 30.4. The lowest BCUT2D eigenvalue weighted by Gasteiger charge is -2.34. The SMILES string of the molecule is CCCNC(=O)[C@@H](Cc1ccccc1)N(Cc1cccc(Br)c1)C(=O)CN(c1cc(Cl)ccc1C)S(=O)(=O)c1ccc(C)cc1. The third-order valence-electron chi connectivity index (χ3n) is 7.39. The minimum atomic E-state index is -4.22. The fourth-order valence-corrected chi connectivity index (χ4v) is 7.04. The van der Waals surface area contributed by atoms with Crippen LogP contribution in [0.15, 0.2) is 106 Å². The van der Waals surface area contributed by atoms with Crippen LogP contribution in [-0.4, -0.2) is 44.3 Å². The van der Waals surface area contributed by atoms with E-state index < -0.39 is 28.5 Å². The number of amides is 2. The third kappa shape index (κ3) is 8.96. The van der Waals surface area contributed by atoms with Gasteiger partial charge in [-0.3, -0.25) is 13.9 Å². The van der Waals surface area contributed by atoms with Crippen LogP contribution in [0, 0.1) is 13.8 Å². The van der Waals surface area contributed by atoms with Crippen molar-refractivity contribution in [3.63, 3.8) is 0 Å². The van der Waals surface area contributed by atoms with Gasteiger partial charge in [0.25, 0.3) is 10.0 Å². The molecule has 0 bridgehead atoms. The Morgan fingerprint density at radius 2 is 1.58 bits per heavy atom. The van der Waals surface area contributed by atoms with Crippen molar-refractivity contribution in [2.75, 3.05) is 17.4 Å². The molecule has 0 unspecified atom stereocenters. The maximum Gasteiger partial charge on any atom is 0.264 e. The van der Waals surface area contributed by atoms with Gasteiger partial charge in [0.1, 0.15) is 12.6 Å². The van der Waals surface area contributed by atoms with Gasteiger partial charge in [-0.25, -0.2) is 8.42 Å². The molecule has 0 aromatic heterocycles. The summed E-state index contributed by atoms with van der Waals surface area (Å²) in [5, 5.41) is 3.29. The van der Waals surface area contributed by atoms with Crippen LogP contribution in [0.2, 0.25) is 5.02 Å². The largest absolute Gasteiger partial charge is 0.354 e. The van der Waals surface area contributed by atoms with E-state index in [1.807, 2.05) is 68.4 Å². The van der Waals surface area contributed by atoms with E-state index in [9.17, 15) is 18.0 Å². The molecule has 45 heavy (non-hydrogen) atoms. The van der Waals surface area contributed by atoms with E-state index in [0.717, 1.165) is 31.9 Å². The number of carbonyl (C=O) groups is 2. The quantitative estimate of drug-likeness (QED) is 0.161. The molecular weight excluding hydrogens is 674 g/mol. The zero-order chi connectivity index (χ0) is 32.6. The molecule has 1 atom stereocenters. The molecule has 0 saturated carbocycles. The Morgan fingerprint density at radius 1 is 0.889 bits per heavy atom. The predicted molar refractivity (Wildman–Crippen MR) is 184 cm³/mol. The number of benzene rings is 4. The summed E-state index contributed by atoms with van der Waals surface area (Å²) >= 11 is 9.86. The highest BCUT2D eigenvalue weighted by Crippen LogP contribution is 2.30. The van der Waals surface area contributed by atoms with Crippen LogP contribution in [0.1, 0.15) is 35.6 Å². The normalized spacial score (nSPS) is 11.9. The Morgan fingerprint density at radius 3 is 2.24 bits per heavy atom. The van der Waals surface area contributed by atoms with Gasteiger partial charge in [0.15, 0.2) is 0 Å². The Bertz CT molecular complexity index is 1730. The van der Waals surface area contributed by atoms with E-state index in [-0.39, 0.29) is 29.5 Å². The van der Waals surface area contributed by atoms with Gasteiger partial charge in [-0.1, -0.05) is 101 Å². The van der Waals surface area contributed by atoms with Crippen molar-refractivity contribution in [1.82, 2.24) is 10.2 Å². The van der Waals surface area contributed by atoms with Gasteiger partial charge in [0.05, 0.1) is 10.6 Å².